The molecule has 12 rings (SSSR count). The van der Waals surface area contributed by atoms with Crippen LogP contribution in [0.3, 0.4) is 0 Å². The molecule has 65 heavy (non-hydrogen) atoms. The Morgan fingerprint density at radius 1 is 0.308 bits per heavy atom. The van der Waals surface area contributed by atoms with E-state index in [2.05, 4.69) is 203 Å². The molecule has 3 aliphatic rings. The lowest BCUT2D eigenvalue weighted by Gasteiger charge is -2.33. The SMILES string of the molecule is C1=C(c2ccc(N3c4ccccc4Oc4ccccc43)cc2)CCC(N(c2ccc(-c3ccccc3)cc2)c2ccc(-c3ccc(N4c5ccccc5Oc5ccccc54)cc3)cc2)=C1. The summed E-state index contributed by atoms with van der Waals surface area (Å²) in [5, 5.41) is 0. The van der Waals surface area contributed by atoms with Gasteiger partial charge >= 0.3 is 0 Å². The molecule has 0 radical (unpaired) electrons. The number of ether oxygens (including phenoxy) is 2. The third-order valence-electron chi connectivity index (χ3n) is 12.6. The van der Waals surface area contributed by atoms with Crippen molar-refractivity contribution in [2.75, 3.05) is 14.7 Å². The minimum absolute atomic E-state index is 0.849. The molecule has 0 spiro atoms. The fourth-order valence-corrected chi connectivity index (χ4v) is 9.36. The Hall–Kier alpha value is -8.54. The molecule has 0 N–H and O–H groups in total. The number of hydrogen-bond acceptors (Lipinski definition) is 5. The Bertz CT molecular complexity index is 3160. The van der Waals surface area contributed by atoms with E-state index in [0.717, 1.165) is 92.5 Å². The van der Waals surface area contributed by atoms with E-state index in [9.17, 15) is 0 Å². The van der Waals surface area contributed by atoms with Crippen molar-refractivity contribution in [3.8, 4) is 45.3 Å². The number of nitrogens with zero attached hydrogens (tertiary/aromatic N) is 3. The van der Waals surface area contributed by atoms with E-state index in [1.165, 1.54) is 28.0 Å². The Balaban J connectivity index is 0.842. The van der Waals surface area contributed by atoms with Crippen LogP contribution in [0.5, 0.6) is 23.0 Å². The van der Waals surface area contributed by atoms with Crippen LogP contribution >= 0.6 is 0 Å². The number of allylic oxidation sites excluding steroid dienone is 4. The van der Waals surface area contributed by atoms with Gasteiger partial charge in [-0.05, 0) is 149 Å². The highest BCUT2D eigenvalue weighted by atomic mass is 16.5. The van der Waals surface area contributed by atoms with E-state index in [1.807, 2.05) is 48.5 Å². The highest BCUT2D eigenvalue weighted by molar-refractivity contribution is 5.88. The highest BCUT2D eigenvalue weighted by Gasteiger charge is 2.27. The molecule has 0 atom stereocenters. The second kappa shape index (κ2) is 16.3. The topological polar surface area (TPSA) is 28.2 Å². The molecule has 0 fully saturated rings. The summed E-state index contributed by atoms with van der Waals surface area (Å²) in [6, 6.07) is 79.2. The lowest BCUT2D eigenvalue weighted by Crippen LogP contribution is -2.18. The van der Waals surface area contributed by atoms with Crippen molar-refractivity contribution in [1.29, 1.82) is 0 Å². The monoisotopic (exact) mass is 837 g/mol. The number of fused-ring (bicyclic) bond motifs is 4. The second-order valence-corrected chi connectivity index (χ2v) is 16.5. The first-order valence-corrected chi connectivity index (χ1v) is 22.2. The Morgan fingerprint density at radius 2 is 0.662 bits per heavy atom. The van der Waals surface area contributed by atoms with Crippen molar-refractivity contribution in [1.82, 2.24) is 0 Å². The standard InChI is InChI=1S/C60H43N3O2/c1-2-12-42(13-3-1)43-22-32-48(33-23-43)61(49-34-24-44(25-35-49)46-28-38-51(39-29-46)62-53-14-4-8-18-57(53)64-58-19-9-5-15-54(58)62)50-36-26-45(27-37-50)47-30-40-52(41-31-47)63-55-16-6-10-20-59(55)65-60-21-11-7-17-56(60)63/h1-26,28-36,38-41H,27,37H2. The molecule has 0 aromatic heterocycles. The first-order chi connectivity index (χ1) is 32.2. The zero-order valence-corrected chi connectivity index (χ0v) is 35.6. The van der Waals surface area contributed by atoms with Crippen LogP contribution < -0.4 is 24.2 Å². The molecule has 2 heterocycles. The third kappa shape index (κ3) is 7.10. The van der Waals surface area contributed by atoms with Crippen LogP contribution in [0.1, 0.15) is 18.4 Å². The van der Waals surface area contributed by atoms with Crippen molar-refractivity contribution in [3.05, 3.63) is 248 Å². The summed E-state index contributed by atoms with van der Waals surface area (Å²) in [4.78, 5) is 6.98. The zero-order valence-electron chi connectivity index (χ0n) is 35.6. The number of hydrogen-bond donors (Lipinski definition) is 0. The highest BCUT2D eigenvalue weighted by Crippen LogP contribution is 2.52. The molecule has 310 valence electrons. The fourth-order valence-electron chi connectivity index (χ4n) is 9.36. The molecule has 5 nitrogen and oxygen atoms in total. The summed E-state index contributed by atoms with van der Waals surface area (Å²) in [6.45, 7) is 0. The van der Waals surface area contributed by atoms with Crippen LogP contribution in [0.15, 0.2) is 242 Å². The summed E-state index contributed by atoms with van der Waals surface area (Å²) < 4.78 is 12.5. The van der Waals surface area contributed by atoms with E-state index >= 15 is 0 Å². The van der Waals surface area contributed by atoms with Crippen molar-refractivity contribution in [3.63, 3.8) is 0 Å². The summed E-state index contributed by atoms with van der Waals surface area (Å²) in [6.07, 6.45) is 6.44. The predicted molar refractivity (Wildman–Crippen MR) is 267 cm³/mol. The number of para-hydroxylation sites is 8. The maximum atomic E-state index is 6.27. The molecule has 9 aromatic carbocycles. The van der Waals surface area contributed by atoms with E-state index in [0.29, 0.717) is 0 Å². The minimum Gasteiger partial charge on any atom is -0.453 e. The second-order valence-electron chi connectivity index (χ2n) is 16.5. The van der Waals surface area contributed by atoms with Gasteiger partial charge in [0.15, 0.2) is 23.0 Å². The van der Waals surface area contributed by atoms with Gasteiger partial charge in [0.2, 0.25) is 0 Å². The normalized spacial score (nSPS) is 13.5. The molecular weight excluding hydrogens is 795 g/mol. The molecule has 0 unspecified atom stereocenters. The summed E-state index contributed by atoms with van der Waals surface area (Å²) >= 11 is 0. The van der Waals surface area contributed by atoms with Crippen molar-refractivity contribution < 1.29 is 9.47 Å². The lowest BCUT2D eigenvalue weighted by molar-refractivity contribution is 0.477. The van der Waals surface area contributed by atoms with Gasteiger partial charge in [0.05, 0.1) is 22.7 Å². The van der Waals surface area contributed by atoms with E-state index in [1.54, 1.807) is 0 Å². The predicted octanol–water partition coefficient (Wildman–Crippen LogP) is 17.1. The van der Waals surface area contributed by atoms with Crippen molar-refractivity contribution in [2.24, 2.45) is 0 Å². The van der Waals surface area contributed by atoms with Crippen LogP contribution in [-0.4, -0.2) is 0 Å². The van der Waals surface area contributed by atoms with Crippen LogP contribution in [0.2, 0.25) is 0 Å². The van der Waals surface area contributed by atoms with Crippen LogP contribution in [-0.2, 0) is 0 Å². The minimum atomic E-state index is 0.849. The molecule has 0 amide bonds. The van der Waals surface area contributed by atoms with Gasteiger partial charge in [-0.1, -0.05) is 133 Å². The zero-order chi connectivity index (χ0) is 43.1. The first kappa shape index (κ1) is 38.2. The molecule has 2 aliphatic heterocycles. The molecular formula is C60H43N3O2. The third-order valence-corrected chi connectivity index (χ3v) is 12.6. The molecule has 0 bridgehead atoms. The van der Waals surface area contributed by atoms with Crippen molar-refractivity contribution in [2.45, 2.75) is 12.8 Å². The van der Waals surface area contributed by atoms with Gasteiger partial charge in [0.25, 0.3) is 0 Å². The smallest absolute Gasteiger partial charge is 0.151 e. The summed E-state index contributed by atoms with van der Waals surface area (Å²) in [7, 11) is 0. The van der Waals surface area contributed by atoms with Crippen LogP contribution in [0.25, 0.3) is 27.8 Å². The maximum absolute atomic E-state index is 6.27. The molecule has 0 saturated heterocycles. The molecule has 5 heteroatoms. The van der Waals surface area contributed by atoms with Gasteiger partial charge < -0.3 is 24.2 Å². The number of benzene rings is 9. The fraction of sp³-hybridized carbons (Fsp3) is 0.0333. The van der Waals surface area contributed by atoms with Gasteiger partial charge in [-0.3, -0.25) is 0 Å². The van der Waals surface area contributed by atoms with Gasteiger partial charge in [-0.25, -0.2) is 0 Å². The Morgan fingerprint density at radius 3 is 1.06 bits per heavy atom. The van der Waals surface area contributed by atoms with Gasteiger partial charge in [0, 0.05) is 28.4 Å². The van der Waals surface area contributed by atoms with Gasteiger partial charge in [0.1, 0.15) is 0 Å². The number of anilines is 8. The first-order valence-electron chi connectivity index (χ1n) is 22.2. The largest absolute Gasteiger partial charge is 0.453 e. The lowest BCUT2D eigenvalue weighted by atomic mass is 9.94. The van der Waals surface area contributed by atoms with Crippen LogP contribution in [0, 0.1) is 0 Å². The van der Waals surface area contributed by atoms with Crippen LogP contribution in [0.4, 0.5) is 45.5 Å². The average Bonchev–Trinajstić information content (AvgIpc) is 3.38. The van der Waals surface area contributed by atoms with Gasteiger partial charge in [-0.2, -0.15) is 0 Å². The van der Waals surface area contributed by atoms with Crippen molar-refractivity contribution >= 4 is 51.1 Å². The quantitative estimate of drug-likeness (QED) is 0.152. The Labute approximate surface area is 379 Å². The number of rotatable bonds is 8. The van der Waals surface area contributed by atoms with E-state index < -0.39 is 0 Å². The van der Waals surface area contributed by atoms with Gasteiger partial charge in [-0.15, -0.1) is 0 Å². The molecule has 1 aliphatic carbocycles. The maximum Gasteiger partial charge on any atom is 0.151 e. The van der Waals surface area contributed by atoms with E-state index in [-0.39, 0.29) is 0 Å². The van der Waals surface area contributed by atoms with E-state index in [4.69, 9.17) is 9.47 Å². The summed E-state index contributed by atoms with van der Waals surface area (Å²) in [5.74, 6) is 3.41. The Kier molecular flexibility index (Phi) is 9.57. The average molecular weight is 838 g/mol. The molecule has 9 aromatic rings. The summed E-state index contributed by atoms with van der Waals surface area (Å²) in [5.41, 5.74) is 17.1. The molecule has 0 saturated carbocycles.